The summed E-state index contributed by atoms with van der Waals surface area (Å²) in [6.45, 7) is 8.68. The maximum atomic E-state index is 9.36. The second-order valence-corrected chi connectivity index (χ2v) is 4.74. The number of rotatable bonds is 6. The second-order valence-electron chi connectivity index (χ2n) is 4.74. The molecule has 0 aliphatic carbocycles. The lowest BCUT2D eigenvalue weighted by Gasteiger charge is -2.33. The highest BCUT2D eigenvalue weighted by atomic mass is 16.3. The van der Waals surface area contributed by atoms with Gasteiger partial charge in [0, 0.05) is 18.3 Å². The van der Waals surface area contributed by atoms with Crippen LogP contribution in [-0.2, 0) is 0 Å². The largest absolute Gasteiger partial charge is 0.395 e. The van der Waals surface area contributed by atoms with Crippen LogP contribution in [0.3, 0.4) is 0 Å². The third-order valence-electron chi connectivity index (χ3n) is 3.45. The number of nitrogens with zero attached hydrogens (tertiary/aromatic N) is 3. The molecule has 1 heterocycles. The highest BCUT2D eigenvalue weighted by Crippen LogP contribution is 2.26. The summed E-state index contributed by atoms with van der Waals surface area (Å²) >= 11 is 0. The third-order valence-corrected chi connectivity index (χ3v) is 3.45. The lowest BCUT2D eigenvalue weighted by molar-refractivity contribution is 0.296. The average Bonchev–Trinajstić information content (AvgIpc) is 2.38. The van der Waals surface area contributed by atoms with Gasteiger partial charge in [0.05, 0.1) is 23.6 Å². The number of aliphatic hydroxyl groups excluding tert-OH is 1. The molecule has 19 heavy (non-hydrogen) atoms. The fraction of sp³-hybridized carbons (Fsp3) is 0.600. The van der Waals surface area contributed by atoms with Gasteiger partial charge in [-0.15, -0.1) is 0 Å². The van der Waals surface area contributed by atoms with Gasteiger partial charge in [0.2, 0.25) is 0 Å². The molecular formula is C15H23N3O. The van der Waals surface area contributed by atoms with E-state index in [9.17, 15) is 10.4 Å². The zero-order valence-corrected chi connectivity index (χ0v) is 12.3. The zero-order chi connectivity index (χ0) is 14.4. The molecule has 1 rings (SSSR count). The van der Waals surface area contributed by atoms with Crippen LogP contribution in [0, 0.1) is 25.2 Å². The Hall–Kier alpha value is -1.60. The van der Waals surface area contributed by atoms with Gasteiger partial charge in [0.1, 0.15) is 6.07 Å². The van der Waals surface area contributed by atoms with Crippen molar-refractivity contribution in [2.45, 2.75) is 46.6 Å². The minimum atomic E-state index is 0.0851. The van der Waals surface area contributed by atoms with E-state index in [-0.39, 0.29) is 6.61 Å². The first-order valence-electron chi connectivity index (χ1n) is 6.84. The predicted molar refractivity (Wildman–Crippen MR) is 77.2 cm³/mol. The van der Waals surface area contributed by atoms with Crippen molar-refractivity contribution in [3.8, 4) is 6.07 Å². The molecule has 0 aromatic carbocycles. The summed E-state index contributed by atoms with van der Waals surface area (Å²) in [6.07, 6.45) is 1.98. The van der Waals surface area contributed by atoms with Crippen LogP contribution < -0.4 is 4.90 Å². The van der Waals surface area contributed by atoms with Gasteiger partial charge in [0.25, 0.3) is 0 Å². The monoisotopic (exact) mass is 261 g/mol. The number of hydrogen-bond donors (Lipinski definition) is 1. The minimum Gasteiger partial charge on any atom is -0.395 e. The van der Waals surface area contributed by atoms with Crippen LogP contribution >= 0.6 is 0 Å². The molecule has 4 nitrogen and oxygen atoms in total. The van der Waals surface area contributed by atoms with E-state index in [4.69, 9.17) is 0 Å². The molecule has 4 heteroatoms. The number of anilines is 1. The first-order valence-corrected chi connectivity index (χ1v) is 6.84. The van der Waals surface area contributed by atoms with Crippen molar-refractivity contribution >= 4 is 5.69 Å². The number of aromatic nitrogens is 1. The van der Waals surface area contributed by atoms with E-state index in [1.54, 1.807) is 0 Å². The van der Waals surface area contributed by atoms with Crippen molar-refractivity contribution in [3.63, 3.8) is 0 Å². The number of aliphatic hydroxyl groups is 1. The molecule has 0 aliphatic rings. The standard InChI is InChI=1S/C15H23N3O/c1-5-13(6-2)18(7-8-19)15-9-11(3)17-12(4)14(15)10-16/h9,13,19H,5-8H2,1-4H3. The van der Waals surface area contributed by atoms with Gasteiger partial charge in [-0.25, -0.2) is 0 Å². The van der Waals surface area contributed by atoms with Gasteiger partial charge < -0.3 is 10.0 Å². The molecule has 0 bridgehead atoms. The average molecular weight is 261 g/mol. The minimum absolute atomic E-state index is 0.0851. The molecule has 0 fully saturated rings. The van der Waals surface area contributed by atoms with E-state index in [0.717, 1.165) is 29.9 Å². The molecule has 0 radical (unpaired) electrons. The van der Waals surface area contributed by atoms with Crippen LogP contribution in [0.2, 0.25) is 0 Å². The van der Waals surface area contributed by atoms with Gasteiger partial charge >= 0.3 is 0 Å². The highest BCUT2D eigenvalue weighted by molar-refractivity contribution is 5.62. The lowest BCUT2D eigenvalue weighted by Crippen LogP contribution is -2.37. The number of nitriles is 1. The first-order chi connectivity index (χ1) is 9.08. The lowest BCUT2D eigenvalue weighted by atomic mass is 10.1. The number of pyridine rings is 1. The predicted octanol–water partition coefficient (Wildman–Crippen LogP) is 2.56. The molecule has 0 unspecified atom stereocenters. The molecule has 0 amide bonds. The summed E-state index contributed by atoms with van der Waals surface area (Å²) in [7, 11) is 0. The summed E-state index contributed by atoms with van der Waals surface area (Å²) < 4.78 is 0. The van der Waals surface area contributed by atoms with E-state index in [1.807, 2.05) is 19.9 Å². The van der Waals surface area contributed by atoms with Crippen molar-refractivity contribution in [1.82, 2.24) is 4.98 Å². The van der Waals surface area contributed by atoms with Gasteiger partial charge in [-0.2, -0.15) is 5.26 Å². The van der Waals surface area contributed by atoms with Crippen molar-refractivity contribution in [3.05, 3.63) is 23.0 Å². The molecule has 1 N–H and O–H groups in total. The number of aryl methyl sites for hydroxylation is 2. The summed E-state index contributed by atoms with van der Waals surface area (Å²) in [5.41, 5.74) is 3.17. The van der Waals surface area contributed by atoms with Crippen molar-refractivity contribution in [1.29, 1.82) is 5.26 Å². The van der Waals surface area contributed by atoms with Crippen molar-refractivity contribution < 1.29 is 5.11 Å². The Morgan fingerprint density at radius 3 is 2.47 bits per heavy atom. The van der Waals surface area contributed by atoms with Crippen molar-refractivity contribution in [2.75, 3.05) is 18.1 Å². The molecule has 0 aliphatic heterocycles. The van der Waals surface area contributed by atoms with Crippen LogP contribution in [0.5, 0.6) is 0 Å². The van der Waals surface area contributed by atoms with Gasteiger partial charge in [-0.05, 0) is 32.8 Å². The van der Waals surface area contributed by atoms with Crippen LogP contribution in [0.1, 0.15) is 43.6 Å². The molecular weight excluding hydrogens is 238 g/mol. The fourth-order valence-corrected chi connectivity index (χ4v) is 2.51. The maximum absolute atomic E-state index is 9.36. The highest BCUT2D eigenvalue weighted by Gasteiger charge is 2.20. The SMILES string of the molecule is CCC(CC)N(CCO)c1cc(C)nc(C)c1C#N. The molecule has 0 atom stereocenters. The summed E-state index contributed by atoms with van der Waals surface area (Å²) in [5, 5.41) is 18.7. The van der Waals surface area contributed by atoms with Gasteiger partial charge in [-0.1, -0.05) is 13.8 Å². The molecule has 104 valence electrons. The smallest absolute Gasteiger partial charge is 0.103 e. The normalized spacial score (nSPS) is 10.6. The molecule has 1 aromatic rings. The van der Waals surface area contributed by atoms with E-state index < -0.39 is 0 Å². The van der Waals surface area contributed by atoms with Gasteiger partial charge in [0.15, 0.2) is 0 Å². The third kappa shape index (κ3) is 3.45. The second kappa shape index (κ2) is 7.10. The molecule has 0 saturated carbocycles. The number of hydrogen-bond acceptors (Lipinski definition) is 4. The van der Waals surface area contributed by atoms with E-state index in [2.05, 4.69) is 29.8 Å². The Morgan fingerprint density at radius 2 is 2.00 bits per heavy atom. The topological polar surface area (TPSA) is 60.1 Å². The van der Waals surface area contributed by atoms with E-state index in [1.165, 1.54) is 0 Å². The first kappa shape index (κ1) is 15.5. The summed E-state index contributed by atoms with van der Waals surface area (Å²) in [4.78, 5) is 6.49. The Morgan fingerprint density at radius 1 is 1.37 bits per heavy atom. The molecule has 1 aromatic heterocycles. The fourth-order valence-electron chi connectivity index (χ4n) is 2.51. The van der Waals surface area contributed by atoms with E-state index >= 15 is 0 Å². The molecule has 0 saturated heterocycles. The quantitative estimate of drug-likeness (QED) is 0.855. The van der Waals surface area contributed by atoms with Crippen LogP contribution in [0.15, 0.2) is 6.07 Å². The Kier molecular flexibility index (Phi) is 5.78. The van der Waals surface area contributed by atoms with Crippen molar-refractivity contribution in [2.24, 2.45) is 0 Å². The Balaban J connectivity index is 3.33. The zero-order valence-electron chi connectivity index (χ0n) is 12.3. The summed E-state index contributed by atoms with van der Waals surface area (Å²) in [6, 6.07) is 4.52. The summed E-state index contributed by atoms with van der Waals surface area (Å²) in [5.74, 6) is 0. The van der Waals surface area contributed by atoms with Gasteiger partial charge in [-0.3, -0.25) is 4.98 Å². The Labute approximate surface area is 115 Å². The van der Waals surface area contributed by atoms with Crippen LogP contribution in [0.25, 0.3) is 0 Å². The van der Waals surface area contributed by atoms with Crippen LogP contribution in [-0.4, -0.2) is 29.3 Å². The van der Waals surface area contributed by atoms with Crippen LogP contribution in [0.4, 0.5) is 5.69 Å². The maximum Gasteiger partial charge on any atom is 0.103 e. The van der Waals surface area contributed by atoms with E-state index in [0.29, 0.717) is 18.2 Å². The molecule has 0 spiro atoms. The Bertz CT molecular complexity index is 461.